The van der Waals surface area contributed by atoms with Gasteiger partial charge in [0.2, 0.25) is 0 Å². The summed E-state index contributed by atoms with van der Waals surface area (Å²) in [6, 6.07) is 6.50. The van der Waals surface area contributed by atoms with Crippen LogP contribution in [0.1, 0.15) is 20.8 Å². The molecule has 0 saturated carbocycles. The third kappa shape index (κ3) is 3.12. The second-order valence-corrected chi connectivity index (χ2v) is 5.21. The highest BCUT2D eigenvalue weighted by atomic mass is 32.1. The third-order valence-electron chi connectivity index (χ3n) is 2.77. The molecule has 0 fully saturated rings. The molecule has 7 heteroatoms. The van der Waals surface area contributed by atoms with Crippen molar-refractivity contribution in [1.29, 1.82) is 0 Å². The van der Waals surface area contributed by atoms with Crippen LogP contribution in [-0.2, 0) is 6.54 Å². The Balaban J connectivity index is 2.08. The minimum absolute atomic E-state index is 0.0624. The molecule has 0 spiro atoms. The standard InChI is InChI=1S/C13H12N2O4S/c1-8-2-3-10(5-12(8)15(18)19)14-6-11-4-9(7-20-11)13(16)17/h2-5,7,14H,6H2,1H3,(H,16,17). The van der Waals surface area contributed by atoms with Crippen molar-refractivity contribution in [2.24, 2.45) is 0 Å². The molecule has 1 aromatic heterocycles. The summed E-state index contributed by atoms with van der Waals surface area (Å²) in [4.78, 5) is 22.0. The van der Waals surface area contributed by atoms with Gasteiger partial charge in [-0.3, -0.25) is 10.1 Å². The van der Waals surface area contributed by atoms with Crippen molar-refractivity contribution in [2.45, 2.75) is 13.5 Å². The van der Waals surface area contributed by atoms with E-state index in [-0.39, 0.29) is 11.3 Å². The van der Waals surface area contributed by atoms with Gasteiger partial charge in [0.15, 0.2) is 0 Å². The van der Waals surface area contributed by atoms with Crippen molar-refractivity contribution in [3.8, 4) is 0 Å². The number of nitrogens with zero attached hydrogens (tertiary/aromatic N) is 1. The number of thiophene rings is 1. The van der Waals surface area contributed by atoms with Crippen LogP contribution in [0.3, 0.4) is 0 Å². The molecule has 1 heterocycles. The van der Waals surface area contributed by atoms with Gasteiger partial charge in [-0.1, -0.05) is 6.07 Å². The van der Waals surface area contributed by atoms with Gasteiger partial charge >= 0.3 is 5.97 Å². The number of carboxylic acid groups (broad SMARTS) is 1. The number of nitrogens with one attached hydrogen (secondary N) is 1. The molecule has 2 rings (SSSR count). The number of hydrogen-bond donors (Lipinski definition) is 2. The zero-order valence-electron chi connectivity index (χ0n) is 10.6. The first-order chi connectivity index (χ1) is 9.47. The van der Waals surface area contributed by atoms with E-state index in [1.807, 2.05) is 0 Å². The lowest BCUT2D eigenvalue weighted by Gasteiger charge is -2.05. The van der Waals surface area contributed by atoms with Crippen LogP contribution in [0.2, 0.25) is 0 Å². The van der Waals surface area contributed by atoms with Crippen LogP contribution in [0.15, 0.2) is 29.6 Å². The molecular weight excluding hydrogens is 280 g/mol. The Labute approximate surface area is 118 Å². The first-order valence-corrected chi connectivity index (χ1v) is 6.65. The fourth-order valence-electron chi connectivity index (χ4n) is 1.69. The molecule has 0 aliphatic heterocycles. The second-order valence-electron chi connectivity index (χ2n) is 4.22. The first kappa shape index (κ1) is 14.0. The van der Waals surface area contributed by atoms with Gasteiger partial charge in [0.25, 0.3) is 5.69 Å². The van der Waals surface area contributed by atoms with Crippen molar-refractivity contribution < 1.29 is 14.8 Å². The smallest absolute Gasteiger partial charge is 0.336 e. The molecule has 0 aliphatic carbocycles. The largest absolute Gasteiger partial charge is 0.478 e. The SMILES string of the molecule is Cc1ccc(NCc2cc(C(=O)O)cs2)cc1[N+](=O)[O-]. The molecule has 0 aliphatic rings. The number of benzene rings is 1. The zero-order chi connectivity index (χ0) is 14.7. The average Bonchev–Trinajstić information content (AvgIpc) is 2.86. The summed E-state index contributed by atoms with van der Waals surface area (Å²) in [5.41, 5.74) is 1.55. The minimum atomic E-state index is -0.960. The number of aromatic carboxylic acids is 1. The number of carboxylic acids is 1. The van der Waals surface area contributed by atoms with E-state index < -0.39 is 10.9 Å². The van der Waals surface area contributed by atoms with E-state index in [0.29, 0.717) is 17.8 Å². The van der Waals surface area contributed by atoms with Crippen LogP contribution in [0.25, 0.3) is 0 Å². The highest BCUT2D eigenvalue weighted by Crippen LogP contribution is 2.23. The average molecular weight is 292 g/mol. The predicted octanol–water partition coefficient (Wildman–Crippen LogP) is 3.28. The number of nitro benzene ring substituents is 1. The molecule has 0 amide bonds. The summed E-state index contributed by atoms with van der Waals surface area (Å²) >= 11 is 1.33. The Morgan fingerprint density at radius 2 is 2.20 bits per heavy atom. The summed E-state index contributed by atoms with van der Waals surface area (Å²) in [7, 11) is 0. The lowest BCUT2D eigenvalue weighted by Crippen LogP contribution is -2.00. The van der Waals surface area contributed by atoms with E-state index >= 15 is 0 Å². The van der Waals surface area contributed by atoms with E-state index in [1.54, 1.807) is 30.5 Å². The van der Waals surface area contributed by atoms with Gasteiger partial charge in [0.1, 0.15) is 0 Å². The molecule has 20 heavy (non-hydrogen) atoms. The molecule has 104 valence electrons. The van der Waals surface area contributed by atoms with Crippen molar-refractivity contribution in [3.63, 3.8) is 0 Å². The van der Waals surface area contributed by atoms with Crippen LogP contribution in [0.5, 0.6) is 0 Å². The third-order valence-corrected chi connectivity index (χ3v) is 3.71. The van der Waals surface area contributed by atoms with Crippen molar-refractivity contribution in [1.82, 2.24) is 0 Å². The molecule has 0 atom stereocenters. The van der Waals surface area contributed by atoms with Gasteiger partial charge in [0, 0.05) is 34.1 Å². The number of carbonyl (C=O) groups is 1. The topological polar surface area (TPSA) is 92.5 Å². The number of rotatable bonds is 5. The Morgan fingerprint density at radius 1 is 1.45 bits per heavy atom. The van der Waals surface area contributed by atoms with E-state index in [1.165, 1.54) is 17.4 Å². The molecule has 1 aromatic carbocycles. The quantitative estimate of drug-likeness (QED) is 0.651. The van der Waals surface area contributed by atoms with Gasteiger partial charge < -0.3 is 10.4 Å². The highest BCUT2D eigenvalue weighted by Gasteiger charge is 2.11. The van der Waals surface area contributed by atoms with E-state index in [0.717, 1.165) is 4.88 Å². The summed E-state index contributed by atoms with van der Waals surface area (Å²) in [5, 5.41) is 24.3. The van der Waals surface area contributed by atoms with Gasteiger partial charge in [-0.25, -0.2) is 4.79 Å². The highest BCUT2D eigenvalue weighted by molar-refractivity contribution is 7.10. The lowest BCUT2D eigenvalue weighted by atomic mass is 10.2. The maximum Gasteiger partial charge on any atom is 0.336 e. The van der Waals surface area contributed by atoms with Crippen LogP contribution < -0.4 is 5.32 Å². The summed E-state index contributed by atoms with van der Waals surface area (Å²) in [6.07, 6.45) is 0. The fraction of sp³-hybridized carbons (Fsp3) is 0.154. The van der Waals surface area contributed by atoms with Crippen LogP contribution in [0.4, 0.5) is 11.4 Å². The number of hydrogen-bond acceptors (Lipinski definition) is 5. The van der Waals surface area contributed by atoms with Gasteiger partial charge in [-0.2, -0.15) is 0 Å². The maximum absolute atomic E-state index is 10.8. The van der Waals surface area contributed by atoms with Crippen molar-refractivity contribution in [3.05, 3.63) is 55.8 Å². The number of aryl methyl sites for hydroxylation is 1. The first-order valence-electron chi connectivity index (χ1n) is 5.77. The van der Waals surface area contributed by atoms with E-state index in [4.69, 9.17) is 5.11 Å². The Kier molecular flexibility index (Phi) is 3.99. The van der Waals surface area contributed by atoms with E-state index in [2.05, 4.69) is 5.32 Å². The van der Waals surface area contributed by atoms with E-state index in [9.17, 15) is 14.9 Å². The predicted molar refractivity (Wildman–Crippen MR) is 76.4 cm³/mol. The Bertz CT molecular complexity index is 666. The summed E-state index contributed by atoms with van der Waals surface area (Å²) < 4.78 is 0. The lowest BCUT2D eigenvalue weighted by molar-refractivity contribution is -0.385. The van der Waals surface area contributed by atoms with Crippen LogP contribution in [-0.4, -0.2) is 16.0 Å². The fourth-order valence-corrected chi connectivity index (χ4v) is 2.49. The summed E-state index contributed by atoms with van der Waals surface area (Å²) in [5.74, 6) is -0.960. The Hall–Kier alpha value is -2.41. The Morgan fingerprint density at radius 3 is 2.80 bits per heavy atom. The molecule has 0 unspecified atom stereocenters. The van der Waals surface area contributed by atoms with Crippen molar-refractivity contribution in [2.75, 3.05) is 5.32 Å². The van der Waals surface area contributed by atoms with Gasteiger partial charge in [-0.15, -0.1) is 11.3 Å². The molecule has 2 N–H and O–H groups in total. The maximum atomic E-state index is 10.8. The number of nitro groups is 1. The van der Waals surface area contributed by atoms with Gasteiger partial charge in [0.05, 0.1) is 10.5 Å². The zero-order valence-corrected chi connectivity index (χ0v) is 11.4. The number of anilines is 1. The normalized spacial score (nSPS) is 10.2. The van der Waals surface area contributed by atoms with Crippen molar-refractivity contribution >= 4 is 28.7 Å². The molecule has 6 nitrogen and oxygen atoms in total. The molecule has 0 saturated heterocycles. The van der Waals surface area contributed by atoms with Gasteiger partial charge in [-0.05, 0) is 19.1 Å². The van der Waals surface area contributed by atoms with Crippen LogP contribution >= 0.6 is 11.3 Å². The molecule has 0 radical (unpaired) electrons. The summed E-state index contributed by atoms with van der Waals surface area (Å²) in [6.45, 7) is 2.11. The molecular formula is C13H12N2O4S. The monoisotopic (exact) mass is 292 g/mol. The minimum Gasteiger partial charge on any atom is -0.478 e. The molecule has 2 aromatic rings. The molecule has 0 bridgehead atoms. The van der Waals surface area contributed by atoms with Crippen LogP contribution in [0, 0.1) is 17.0 Å². The second kappa shape index (κ2) is 5.70.